The Bertz CT molecular complexity index is 449. The van der Waals surface area contributed by atoms with Gasteiger partial charge in [0, 0.05) is 12.0 Å². The van der Waals surface area contributed by atoms with Gasteiger partial charge in [-0.2, -0.15) is 0 Å². The summed E-state index contributed by atoms with van der Waals surface area (Å²) >= 11 is 0. The van der Waals surface area contributed by atoms with Gasteiger partial charge in [-0.25, -0.2) is 9.18 Å². The van der Waals surface area contributed by atoms with Crippen LogP contribution in [-0.4, -0.2) is 19.2 Å². The fraction of sp³-hybridized carbons (Fsp3) is 0.417. The van der Waals surface area contributed by atoms with Gasteiger partial charge >= 0.3 is 5.97 Å². The van der Waals surface area contributed by atoms with E-state index < -0.39 is 17.3 Å². The van der Waals surface area contributed by atoms with Crippen LogP contribution in [-0.2, 0) is 15.1 Å². The maximum atomic E-state index is 13.2. The van der Waals surface area contributed by atoms with Crippen LogP contribution in [0.2, 0.25) is 0 Å². The monoisotopic (exact) mass is 239 g/mol. The molecule has 0 saturated heterocycles. The minimum atomic E-state index is -1.31. The lowest BCUT2D eigenvalue weighted by molar-refractivity contribution is -0.151. The number of ether oxygens (including phenoxy) is 2. The van der Waals surface area contributed by atoms with Crippen LogP contribution in [0.25, 0.3) is 0 Å². The molecule has 1 heterocycles. The van der Waals surface area contributed by atoms with Gasteiger partial charge in [-0.3, -0.25) is 0 Å². The van der Waals surface area contributed by atoms with Gasteiger partial charge in [-0.05, 0) is 25.1 Å². The fourth-order valence-electron chi connectivity index (χ4n) is 1.91. The summed E-state index contributed by atoms with van der Waals surface area (Å²) in [6, 6.07) is 3.98. The van der Waals surface area contributed by atoms with E-state index in [9.17, 15) is 9.18 Å². The standard InChI is InChI=1S/C12H14FNO3/c1-2-16-11(15)12(14)5-6-17-10-4-3-8(13)7-9(10)12/h3-4,7H,2,5-6,14H2,1H3/t12-/m0/s1. The quantitative estimate of drug-likeness (QED) is 0.791. The van der Waals surface area contributed by atoms with Crippen molar-refractivity contribution in [3.05, 3.63) is 29.6 Å². The van der Waals surface area contributed by atoms with Gasteiger partial charge in [0.1, 0.15) is 17.1 Å². The van der Waals surface area contributed by atoms with Gasteiger partial charge in [0.2, 0.25) is 0 Å². The first kappa shape index (κ1) is 11.9. The van der Waals surface area contributed by atoms with Crippen molar-refractivity contribution >= 4 is 5.97 Å². The highest BCUT2D eigenvalue weighted by Gasteiger charge is 2.42. The first-order valence-corrected chi connectivity index (χ1v) is 5.47. The molecule has 0 unspecified atom stereocenters. The first-order chi connectivity index (χ1) is 8.08. The lowest BCUT2D eigenvalue weighted by Gasteiger charge is -2.33. The molecule has 1 aliphatic heterocycles. The molecule has 0 amide bonds. The number of carbonyl (C=O) groups excluding carboxylic acids is 1. The average molecular weight is 239 g/mol. The first-order valence-electron chi connectivity index (χ1n) is 5.47. The Morgan fingerprint density at radius 2 is 2.41 bits per heavy atom. The molecule has 0 aromatic heterocycles. The van der Waals surface area contributed by atoms with Crippen LogP contribution < -0.4 is 10.5 Å². The molecule has 0 aliphatic carbocycles. The molecule has 1 atom stereocenters. The molecule has 0 radical (unpaired) electrons. The van der Waals surface area contributed by atoms with Crippen molar-refractivity contribution in [2.24, 2.45) is 5.73 Å². The number of benzene rings is 1. The second-order valence-corrected chi connectivity index (χ2v) is 3.93. The number of hydrogen-bond donors (Lipinski definition) is 1. The molecule has 5 heteroatoms. The van der Waals surface area contributed by atoms with Gasteiger partial charge in [0.25, 0.3) is 0 Å². The summed E-state index contributed by atoms with van der Waals surface area (Å²) in [5, 5.41) is 0. The van der Waals surface area contributed by atoms with Gasteiger partial charge in [-0.1, -0.05) is 0 Å². The van der Waals surface area contributed by atoms with Crippen molar-refractivity contribution < 1.29 is 18.7 Å². The smallest absolute Gasteiger partial charge is 0.331 e. The van der Waals surface area contributed by atoms with E-state index >= 15 is 0 Å². The topological polar surface area (TPSA) is 61.5 Å². The molecule has 0 spiro atoms. The van der Waals surface area contributed by atoms with E-state index in [-0.39, 0.29) is 13.0 Å². The summed E-state index contributed by atoms with van der Waals surface area (Å²) in [6.45, 7) is 2.25. The predicted octanol–water partition coefficient (Wildman–Crippen LogP) is 1.33. The summed E-state index contributed by atoms with van der Waals surface area (Å²) in [5.41, 5.74) is 5.08. The van der Waals surface area contributed by atoms with E-state index in [1.807, 2.05) is 0 Å². The van der Waals surface area contributed by atoms with E-state index in [2.05, 4.69) is 0 Å². The van der Waals surface area contributed by atoms with Crippen LogP contribution in [0, 0.1) is 5.82 Å². The number of nitrogens with two attached hydrogens (primary N) is 1. The molecule has 1 aromatic carbocycles. The Hall–Kier alpha value is -1.62. The van der Waals surface area contributed by atoms with Gasteiger partial charge in [0.05, 0.1) is 13.2 Å². The largest absolute Gasteiger partial charge is 0.493 e. The van der Waals surface area contributed by atoms with Crippen LogP contribution in [0.5, 0.6) is 5.75 Å². The Labute approximate surface area is 98.5 Å². The van der Waals surface area contributed by atoms with Crippen LogP contribution in [0.3, 0.4) is 0 Å². The number of fused-ring (bicyclic) bond motifs is 1. The third-order valence-electron chi connectivity index (χ3n) is 2.82. The molecule has 2 N–H and O–H groups in total. The van der Waals surface area contributed by atoms with Crippen LogP contribution in [0.4, 0.5) is 4.39 Å². The Morgan fingerprint density at radius 3 is 3.12 bits per heavy atom. The lowest BCUT2D eigenvalue weighted by atomic mass is 9.85. The molecule has 2 rings (SSSR count). The van der Waals surface area contributed by atoms with Crippen molar-refractivity contribution in [2.75, 3.05) is 13.2 Å². The summed E-state index contributed by atoms with van der Waals surface area (Å²) in [7, 11) is 0. The molecule has 4 nitrogen and oxygen atoms in total. The number of halogens is 1. The Balaban J connectivity index is 2.45. The zero-order valence-corrected chi connectivity index (χ0v) is 9.53. The van der Waals surface area contributed by atoms with Crippen LogP contribution in [0.1, 0.15) is 18.9 Å². The number of esters is 1. The van der Waals surface area contributed by atoms with Crippen molar-refractivity contribution in [1.82, 2.24) is 0 Å². The SMILES string of the molecule is CCOC(=O)[C@]1(N)CCOc2ccc(F)cc21. The van der Waals surface area contributed by atoms with E-state index in [0.717, 1.165) is 0 Å². The summed E-state index contributed by atoms with van der Waals surface area (Å²) in [6.07, 6.45) is 0.280. The van der Waals surface area contributed by atoms with Crippen molar-refractivity contribution in [3.8, 4) is 5.75 Å². The Morgan fingerprint density at radius 1 is 1.65 bits per heavy atom. The number of hydrogen-bond acceptors (Lipinski definition) is 4. The van der Waals surface area contributed by atoms with E-state index in [1.54, 1.807) is 6.92 Å². The highest BCUT2D eigenvalue weighted by atomic mass is 19.1. The van der Waals surface area contributed by atoms with E-state index in [1.165, 1.54) is 18.2 Å². The van der Waals surface area contributed by atoms with Crippen molar-refractivity contribution in [3.63, 3.8) is 0 Å². The molecule has 0 saturated carbocycles. The summed E-state index contributed by atoms with van der Waals surface area (Å²) in [5.74, 6) is -0.559. The average Bonchev–Trinajstić information content (AvgIpc) is 2.31. The minimum absolute atomic E-state index is 0.239. The third kappa shape index (κ3) is 1.98. The van der Waals surface area contributed by atoms with Crippen LogP contribution >= 0.6 is 0 Å². The molecule has 1 aliphatic rings. The number of rotatable bonds is 2. The highest BCUT2D eigenvalue weighted by Crippen LogP contribution is 2.36. The summed E-state index contributed by atoms with van der Waals surface area (Å²) < 4.78 is 23.5. The molecule has 0 fully saturated rings. The lowest BCUT2D eigenvalue weighted by Crippen LogP contribution is -2.49. The molecule has 92 valence electrons. The molecular formula is C12H14FNO3. The second-order valence-electron chi connectivity index (χ2n) is 3.93. The van der Waals surface area contributed by atoms with Gasteiger partial charge in [0.15, 0.2) is 0 Å². The van der Waals surface area contributed by atoms with Crippen LogP contribution in [0.15, 0.2) is 18.2 Å². The van der Waals surface area contributed by atoms with Gasteiger partial charge < -0.3 is 15.2 Å². The maximum absolute atomic E-state index is 13.2. The molecular weight excluding hydrogens is 225 g/mol. The molecule has 17 heavy (non-hydrogen) atoms. The normalized spacial score (nSPS) is 22.5. The number of carbonyl (C=O) groups is 1. The van der Waals surface area contributed by atoms with Crippen molar-refractivity contribution in [2.45, 2.75) is 18.9 Å². The maximum Gasteiger partial charge on any atom is 0.331 e. The van der Waals surface area contributed by atoms with Crippen molar-refractivity contribution in [1.29, 1.82) is 0 Å². The van der Waals surface area contributed by atoms with E-state index in [0.29, 0.717) is 17.9 Å². The zero-order valence-electron chi connectivity index (χ0n) is 9.53. The van der Waals surface area contributed by atoms with Gasteiger partial charge in [-0.15, -0.1) is 0 Å². The van der Waals surface area contributed by atoms with E-state index in [4.69, 9.17) is 15.2 Å². The molecule has 1 aromatic rings. The fourth-order valence-corrected chi connectivity index (χ4v) is 1.91. The summed E-state index contributed by atoms with van der Waals surface area (Å²) in [4.78, 5) is 11.9. The second kappa shape index (κ2) is 4.33. The Kier molecular flexibility index (Phi) is 3.02. The minimum Gasteiger partial charge on any atom is -0.493 e. The predicted molar refractivity (Wildman–Crippen MR) is 59.0 cm³/mol. The zero-order chi connectivity index (χ0) is 12.5. The highest BCUT2D eigenvalue weighted by molar-refractivity contribution is 5.83. The third-order valence-corrected chi connectivity index (χ3v) is 2.82. The molecule has 0 bridgehead atoms.